The van der Waals surface area contributed by atoms with E-state index in [-0.39, 0.29) is 5.84 Å². The van der Waals surface area contributed by atoms with Crippen molar-refractivity contribution in [3.8, 4) is 5.75 Å². The Morgan fingerprint density at radius 2 is 1.83 bits per heavy atom. The Balaban J connectivity index is 1.86. The van der Waals surface area contributed by atoms with Crippen molar-refractivity contribution in [2.24, 2.45) is 10.1 Å². The Hall–Kier alpha value is -1.76. The molecule has 1 aromatic rings. The zero-order valence-corrected chi connectivity index (χ0v) is 14.4. The van der Waals surface area contributed by atoms with Crippen LogP contribution in [0.25, 0.3) is 0 Å². The number of hydrogen-bond acceptors (Lipinski definition) is 4. The highest BCUT2D eigenvalue weighted by Crippen LogP contribution is 2.30. The van der Waals surface area contributed by atoms with Crippen LogP contribution in [-0.2, 0) is 10.2 Å². The van der Waals surface area contributed by atoms with Gasteiger partial charge in [0.1, 0.15) is 5.75 Å². The molecule has 0 saturated heterocycles. The van der Waals surface area contributed by atoms with Gasteiger partial charge in [-0.25, -0.2) is 0 Å². The lowest BCUT2D eigenvalue weighted by Crippen LogP contribution is -2.27. The summed E-state index contributed by atoms with van der Waals surface area (Å²) >= 11 is 0. The maximum atomic E-state index is 11.5. The van der Waals surface area contributed by atoms with E-state index in [0.29, 0.717) is 23.6 Å². The molecule has 1 aromatic carbocycles. The van der Waals surface area contributed by atoms with E-state index in [1.165, 1.54) is 32.1 Å². The lowest BCUT2D eigenvalue weighted by molar-refractivity contribution is 0.304. The maximum Gasteiger partial charge on any atom is 0.344 e. The number of nitrogens with zero attached hydrogens (tertiary/aromatic N) is 1. The number of nitrogens with two attached hydrogens (primary N) is 1. The van der Waals surface area contributed by atoms with Crippen LogP contribution in [0.2, 0.25) is 0 Å². The topological polar surface area (TPSA) is 93.8 Å². The Kier molecular flexibility index (Phi) is 6.27. The molecule has 1 aliphatic heterocycles. The summed E-state index contributed by atoms with van der Waals surface area (Å²) in [6, 6.07) is 5.16. The SMILES string of the molecule is CCCCCCCCCOc1cccc2c1C(N)=NS(=O)(=O)N2. The minimum Gasteiger partial charge on any atom is -0.493 e. The number of amidine groups is 1. The van der Waals surface area contributed by atoms with E-state index < -0.39 is 10.2 Å². The Morgan fingerprint density at radius 3 is 2.57 bits per heavy atom. The van der Waals surface area contributed by atoms with Gasteiger partial charge < -0.3 is 10.5 Å². The summed E-state index contributed by atoms with van der Waals surface area (Å²) in [4.78, 5) is 0. The summed E-state index contributed by atoms with van der Waals surface area (Å²) in [6.45, 7) is 2.80. The fourth-order valence-corrected chi connectivity index (χ4v) is 3.42. The first kappa shape index (κ1) is 17.6. The average molecular weight is 339 g/mol. The molecule has 0 spiro atoms. The van der Waals surface area contributed by atoms with Crippen LogP contribution in [-0.4, -0.2) is 20.9 Å². The van der Waals surface area contributed by atoms with Crippen molar-refractivity contribution in [3.63, 3.8) is 0 Å². The van der Waals surface area contributed by atoms with Gasteiger partial charge in [0.05, 0.1) is 17.9 Å². The van der Waals surface area contributed by atoms with E-state index in [9.17, 15) is 8.42 Å². The van der Waals surface area contributed by atoms with E-state index >= 15 is 0 Å². The molecule has 6 nitrogen and oxygen atoms in total. The highest BCUT2D eigenvalue weighted by molar-refractivity contribution is 7.91. The minimum absolute atomic E-state index is 0.0334. The molecule has 1 aliphatic rings. The van der Waals surface area contributed by atoms with E-state index in [1.54, 1.807) is 18.2 Å². The summed E-state index contributed by atoms with van der Waals surface area (Å²) in [6.07, 6.45) is 8.47. The standard InChI is InChI=1S/C16H25N3O3S/c1-2-3-4-5-6-7-8-12-22-14-11-9-10-13-15(14)16(17)19-23(20,21)18-13/h9-11,18H,2-8,12H2,1H3,(H2,17,19). The van der Waals surface area contributed by atoms with Crippen LogP contribution >= 0.6 is 0 Å². The van der Waals surface area contributed by atoms with Gasteiger partial charge in [-0.3, -0.25) is 4.72 Å². The summed E-state index contributed by atoms with van der Waals surface area (Å²) in [5.74, 6) is 0.533. The summed E-state index contributed by atoms with van der Waals surface area (Å²) in [5, 5.41) is 0. The molecule has 0 bridgehead atoms. The molecule has 128 valence electrons. The number of nitrogens with one attached hydrogen (secondary N) is 1. The van der Waals surface area contributed by atoms with Gasteiger partial charge in [0, 0.05) is 0 Å². The molecular weight excluding hydrogens is 314 g/mol. The molecule has 1 heterocycles. The lowest BCUT2D eigenvalue weighted by atomic mass is 10.1. The second kappa shape index (κ2) is 8.19. The largest absolute Gasteiger partial charge is 0.493 e. The molecule has 7 heteroatoms. The second-order valence-corrected chi connectivity index (χ2v) is 7.04. The van der Waals surface area contributed by atoms with Crippen molar-refractivity contribution < 1.29 is 13.2 Å². The third-order valence-electron chi connectivity index (χ3n) is 3.75. The van der Waals surface area contributed by atoms with Crippen LogP contribution in [0.4, 0.5) is 5.69 Å². The second-order valence-electron chi connectivity index (χ2n) is 5.70. The highest BCUT2D eigenvalue weighted by Gasteiger charge is 2.24. The highest BCUT2D eigenvalue weighted by atomic mass is 32.2. The number of anilines is 1. The molecule has 3 N–H and O–H groups in total. The molecule has 0 saturated carbocycles. The number of benzene rings is 1. The van der Waals surface area contributed by atoms with Gasteiger partial charge in [0.2, 0.25) is 0 Å². The third-order valence-corrected chi connectivity index (χ3v) is 4.66. The Morgan fingerprint density at radius 1 is 1.13 bits per heavy atom. The van der Waals surface area contributed by atoms with E-state index in [2.05, 4.69) is 16.0 Å². The molecule has 0 radical (unpaired) electrons. The first-order chi connectivity index (χ1) is 11.0. The molecule has 0 atom stereocenters. The van der Waals surface area contributed by atoms with Gasteiger partial charge in [-0.15, -0.1) is 4.40 Å². The van der Waals surface area contributed by atoms with Crippen LogP contribution in [0.15, 0.2) is 22.6 Å². The van der Waals surface area contributed by atoms with Gasteiger partial charge in [-0.05, 0) is 18.6 Å². The fraction of sp³-hybridized carbons (Fsp3) is 0.562. The van der Waals surface area contributed by atoms with E-state index in [4.69, 9.17) is 10.5 Å². The quantitative estimate of drug-likeness (QED) is 0.676. The summed E-state index contributed by atoms with van der Waals surface area (Å²) in [5.41, 5.74) is 6.70. The lowest BCUT2D eigenvalue weighted by Gasteiger charge is -2.19. The van der Waals surface area contributed by atoms with Crippen molar-refractivity contribution in [2.45, 2.75) is 51.9 Å². The van der Waals surface area contributed by atoms with Gasteiger partial charge in [0.15, 0.2) is 5.84 Å². The molecule has 0 aromatic heterocycles. The van der Waals surface area contributed by atoms with Crippen molar-refractivity contribution in [3.05, 3.63) is 23.8 Å². The Bertz CT molecular complexity index is 657. The number of unbranched alkanes of at least 4 members (excludes halogenated alkanes) is 6. The van der Waals surface area contributed by atoms with Crippen LogP contribution in [0, 0.1) is 0 Å². The molecule has 23 heavy (non-hydrogen) atoms. The average Bonchev–Trinajstić information content (AvgIpc) is 2.48. The van der Waals surface area contributed by atoms with Gasteiger partial charge in [-0.2, -0.15) is 8.42 Å². The maximum absolute atomic E-state index is 11.5. The van der Waals surface area contributed by atoms with Crippen molar-refractivity contribution in [1.82, 2.24) is 0 Å². The van der Waals surface area contributed by atoms with Crippen molar-refractivity contribution in [2.75, 3.05) is 11.3 Å². The normalized spacial score (nSPS) is 15.4. The first-order valence-corrected chi connectivity index (χ1v) is 9.62. The van der Waals surface area contributed by atoms with Crippen molar-refractivity contribution >= 4 is 21.7 Å². The van der Waals surface area contributed by atoms with Crippen molar-refractivity contribution in [1.29, 1.82) is 0 Å². The van der Waals surface area contributed by atoms with Crippen LogP contribution in [0.1, 0.15) is 57.4 Å². The molecular formula is C16H25N3O3S. The first-order valence-electron chi connectivity index (χ1n) is 8.18. The number of hydrogen-bond donors (Lipinski definition) is 2. The van der Waals surface area contributed by atoms with Crippen LogP contribution in [0.5, 0.6) is 5.75 Å². The van der Waals surface area contributed by atoms with Gasteiger partial charge in [0.25, 0.3) is 0 Å². The van der Waals surface area contributed by atoms with E-state index in [0.717, 1.165) is 12.8 Å². The third kappa shape index (κ3) is 5.13. The summed E-state index contributed by atoms with van der Waals surface area (Å²) < 4.78 is 34.7. The zero-order valence-electron chi connectivity index (χ0n) is 13.5. The summed E-state index contributed by atoms with van der Waals surface area (Å²) in [7, 11) is -3.74. The smallest absolute Gasteiger partial charge is 0.344 e. The molecule has 2 rings (SSSR count). The number of ether oxygens (including phenoxy) is 1. The van der Waals surface area contributed by atoms with Crippen LogP contribution in [0.3, 0.4) is 0 Å². The number of fused-ring (bicyclic) bond motifs is 1. The predicted molar refractivity (Wildman–Crippen MR) is 93.2 cm³/mol. The number of rotatable bonds is 9. The van der Waals surface area contributed by atoms with Gasteiger partial charge >= 0.3 is 10.2 Å². The van der Waals surface area contributed by atoms with Gasteiger partial charge in [-0.1, -0.05) is 51.5 Å². The molecule has 0 amide bonds. The monoisotopic (exact) mass is 339 g/mol. The fourth-order valence-electron chi connectivity index (χ4n) is 2.58. The van der Waals surface area contributed by atoms with Crippen LogP contribution < -0.4 is 15.2 Å². The Labute approximate surface area is 138 Å². The molecule has 0 fully saturated rings. The van der Waals surface area contributed by atoms with E-state index in [1.807, 2.05) is 0 Å². The minimum atomic E-state index is -3.74. The molecule has 0 aliphatic carbocycles. The molecule has 0 unspecified atom stereocenters. The zero-order chi connectivity index (χ0) is 16.7. The predicted octanol–water partition coefficient (Wildman–Crippen LogP) is 3.19.